The molecule has 1 aromatic rings. The number of H-pyrrole nitrogens is 1. The summed E-state index contributed by atoms with van der Waals surface area (Å²) in [6.45, 7) is 4.04. The molecule has 0 amide bonds. The molecule has 0 spiro atoms. The minimum absolute atomic E-state index is 0.822. The van der Waals surface area contributed by atoms with Gasteiger partial charge in [-0.15, -0.1) is 0 Å². The Morgan fingerprint density at radius 1 is 1.54 bits per heavy atom. The van der Waals surface area contributed by atoms with Gasteiger partial charge in [-0.3, -0.25) is 4.67 Å². The van der Waals surface area contributed by atoms with Gasteiger partial charge in [-0.05, 0) is 38.3 Å². The number of hydrogen-bond acceptors (Lipinski definition) is 2. The highest BCUT2D eigenvalue weighted by atomic mass is 79.9. The van der Waals surface area contributed by atoms with Crippen molar-refractivity contribution in [3.63, 3.8) is 0 Å². The second-order valence-electron chi connectivity index (χ2n) is 2.76. The SMILES string of the molecule is CCCN(P)Cc1nc(Br)c(Br)[nH]1. The Balaban J connectivity index is 2.53. The van der Waals surface area contributed by atoms with Gasteiger partial charge in [0.05, 0.1) is 6.54 Å². The van der Waals surface area contributed by atoms with Gasteiger partial charge < -0.3 is 4.98 Å². The highest BCUT2D eigenvalue weighted by Gasteiger charge is 2.06. The monoisotopic (exact) mass is 327 g/mol. The number of rotatable bonds is 4. The van der Waals surface area contributed by atoms with Gasteiger partial charge in [0.1, 0.15) is 15.0 Å². The molecule has 74 valence electrons. The normalized spacial score (nSPS) is 11.2. The van der Waals surface area contributed by atoms with Gasteiger partial charge in [-0.1, -0.05) is 16.3 Å². The quantitative estimate of drug-likeness (QED) is 0.862. The molecule has 1 rings (SSSR count). The average molecular weight is 329 g/mol. The molecular formula is C7H12Br2N3P. The zero-order chi connectivity index (χ0) is 9.84. The van der Waals surface area contributed by atoms with E-state index in [-0.39, 0.29) is 0 Å². The number of nitrogens with zero attached hydrogens (tertiary/aromatic N) is 2. The molecule has 13 heavy (non-hydrogen) atoms. The van der Waals surface area contributed by atoms with Crippen LogP contribution in [0.5, 0.6) is 0 Å². The molecule has 0 bridgehead atoms. The summed E-state index contributed by atoms with van der Waals surface area (Å²) < 4.78 is 3.88. The van der Waals surface area contributed by atoms with Crippen molar-refractivity contribution >= 4 is 41.3 Å². The van der Waals surface area contributed by atoms with E-state index in [0.29, 0.717) is 0 Å². The summed E-state index contributed by atoms with van der Waals surface area (Å²) in [6, 6.07) is 0. The highest BCUT2D eigenvalue weighted by molar-refractivity contribution is 9.13. The molecule has 0 saturated heterocycles. The summed E-state index contributed by atoms with van der Waals surface area (Å²) in [5, 5.41) is 0. The Kier molecular flexibility index (Phi) is 4.87. The van der Waals surface area contributed by atoms with Crippen LogP contribution in [0.1, 0.15) is 19.2 Å². The highest BCUT2D eigenvalue weighted by Crippen LogP contribution is 2.20. The van der Waals surface area contributed by atoms with Gasteiger partial charge in [-0.25, -0.2) is 4.98 Å². The summed E-state index contributed by atoms with van der Waals surface area (Å²) in [6.07, 6.45) is 1.15. The van der Waals surface area contributed by atoms with Gasteiger partial charge in [-0.2, -0.15) is 0 Å². The zero-order valence-corrected chi connectivity index (χ0v) is 11.7. The first-order valence-corrected chi connectivity index (χ1v) is 6.13. The third-order valence-electron chi connectivity index (χ3n) is 1.53. The molecule has 0 aliphatic rings. The fourth-order valence-corrected chi connectivity index (χ4v) is 2.07. The standard InChI is InChI=1S/C7H12Br2N3P/c1-2-3-12(13)4-5-10-6(8)7(9)11-5/h2-4,13H2,1H3,(H,10,11). The Hall–Kier alpha value is 0.560. The minimum atomic E-state index is 0.822. The van der Waals surface area contributed by atoms with Crippen LogP contribution in [-0.2, 0) is 6.54 Å². The van der Waals surface area contributed by atoms with E-state index in [0.717, 1.165) is 34.5 Å². The Morgan fingerprint density at radius 2 is 2.23 bits per heavy atom. The third kappa shape index (κ3) is 3.66. The third-order valence-corrected chi connectivity index (χ3v) is 3.65. The lowest BCUT2D eigenvalue weighted by Gasteiger charge is -2.12. The number of aromatic amines is 1. The van der Waals surface area contributed by atoms with Crippen LogP contribution >= 0.6 is 41.3 Å². The van der Waals surface area contributed by atoms with Crippen molar-refractivity contribution < 1.29 is 0 Å². The maximum Gasteiger partial charge on any atom is 0.138 e. The fourth-order valence-electron chi connectivity index (χ4n) is 1.01. The van der Waals surface area contributed by atoms with Crippen LogP contribution in [0, 0.1) is 0 Å². The van der Waals surface area contributed by atoms with Crippen LogP contribution in [0.25, 0.3) is 0 Å². The van der Waals surface area contributed by atoms with E-state index in [2.05, 4.69) is 62.8 Å². The summed E-state index contributed by atoms with van der Waals surface area (Å²) >= 11 is 6.69. The number of halogens is 2. The number of hydrogen-bond donors (Lipinski definition) is 1. The predicted octanol–water partition coefficient (Wildman–Crippen LogP) is 2.94. The first kappa shape index (κ1) is 11.6. The molecule has 6 heteroatoms. The molecule has 0 aliphatic carbocycles. The summed E-state index contributed by atoms with van der Waals surface area (Å²) in [7, 11) is 2.70. The maximum atomic E-state index is 4.29. The first-order valence-electron chi connectivity index (χ1n) is 4.03. The second-order valence-corrected chi connectivity index (χ2v) is 5.03. The molecule has 1 unspecified atom stereocenters. The van der Waals surface area contributed by atoms with E-state index in [1.165, 1.54) is 0 Å². The zero-order valence-electron chi connectivity index (χ0n) is 7.35. The van der Waals surface area contributed by atoms with Crippen molar-refractivity contribution in [2.75, 3.05) is 6.54 Å². The molecule has 0 aliphatic heterocycles. The van der Waals surface area contributed by atoms with E-state index < -0.39 is 0 Å². The van der Waals surface area contributed by atoms with Gasteiger partial charge in [0, 0.05) is 6.54 Å². The van der Waals surface area contributed by atoms with E-state index in [9.17, 15) is 0 Å². The van der Waals surface area contributed by atoms with Gasteiger partial charge in [0.25, 0.3) is 0 Å². The molecule has 0 saturated carbocycles. The molecule has 1 heterocycles. The maximum absolute atomic E-state index is 4.29. The molecular weight excluding hydrogens is 317 g/mol. The Bertz CT molecular complexity index is 257. The van der Waals surface area contributed by atoms with E-state index in [1.54, 1.807) is 0 Å². The summed E-state index contributed by atoms with van der Waals surface area (Å²) in [4.78, 5) is 7.43. The van der Waals surface area contributed by atoms with E-state index in [4.69, 9.17) is 0 Å². The van der Waals surface area contributed by atoms with E-state index in [1.807, 2.05) is 0 Å². The summed E-state index contributed by atoms with van der Waals surface area (Å²) in [5.41, 5.74) is 0. The largest absolute Gasteiger partial charge is 0.335 e. The molecule has 0 aromatic carbocycles. The van der Waals surface area contributed by atoms with Crippen LogP contribution in [0.3, 0.4) is 0 Å². The van der Waals surface area contributed by atoms with Crippen molar-refractivity contribution in [3.05, 3.63) is 15.0 Å². The molecule has 3 nitrogen and oxygen atoms in total. The Labute approximate surface area is 97.2 Å². The Morgan fingerprint density at radius 3 is 2.69 bits per heavy atom. The fraction of sp³-hybridized carbons (Fsp3) is 0.571. The topological polar surface area (TPSA) is 31.9 Å². The van der Waals surface area contributed by atoms with Crippen molar-refractivity contribution in [1.29, 1.82) is 0 Å². The van der Waals surface area contributed by atoms with Gasteiger partial charge in [0.15, 0.2) is 0 Å². The molecule has 1 N–H and O–H groups in total. The number of nitrogens with one attached hydrogen (secondary N) is 1. The van der Waals surface area contributed by atoms with Crippen molar-refractivity contribution in [2.45, 2.75) is 19.9 Å². The predicted molar refractivity (Wildman–Crippen MR) is 64.4 cm³/mol. The van der Waals surface area contributed by atoms with Crippen LogP contribution in [0.15, 0.2) is 9.21 Å². The van der Waals surface area contributed by atoms with Crippen molar-refractivity contribution in [2.24, 2.45) is 0 Å². The van der Waals surface area contributed by atoms with Gasteiger partial charge >= 0.3 is 0 Å². The lowest BCUT2D eigenvalue weighted by molar-refractivity contribution is 0.452. The van der Waals surface area contributed by atoms with Crippen LogP contribution < -0.4 is 0 Å². The van der Waals surface area contributed by atoms with Crippen molar-refractivity contribution in [3.8, 4) is 0 Å². The molecule has 0 radical (unpaired) electrons. The molecule has 1 atom stereocenters. The average Bonchev–Trinajstić information content (AvgIpc) is 2.31. The van der Waals surface area contributed by atoms with Gasteiger partial charge in [0.2, 0.25) is 0 Å². The summed E-state index contributed by atoms with van der Waals surface area (Å²) in [5.74, 6) is 0.960. The van der Waals surface area contributed by atoms with E-state index >= 15 is 0 Å². The van der Waals surface area contributed by atoms with Crippen LogP contribution in [-0.4, -0.2) is 21.2 Å². The lowest BCUT2D eigenvalue weighted by atomic mass is 10.4. The minimum Gasteiger partial charge on any atom is -0.335 e. The van der Waals surface area contributed by atoms with Crippen LogP contribution in [0.2, 0.25) is 0 Å². The lowest BCUT2D eigenvalue weighted by Crippen LogP contribution is -2.12. The molecule has 0 fully saturated rings. The van der Waals surface area contributed by atoms with Crippen molar-refractivity contribution in [1.82, 2.24) is 14.6 Å². The first-order chi connectivity index (χ1) is 6.13. The number of aromatic nitrogens is 2. The molecule has 1 aromatic heterocycles. The smallest absolute Gasteiger partial charge is 0.138 e. The number of imidazole rings is 1. The van der Waals surface area contributed by atoms with Crippen LogP contribution in [0.4, 0.5) is 0 Å². The second kappa shape index (κ2) is 5.44.